The van der Waals surface area contributed by atoms with Crippen LogP contribution in [0.25, 0.3) is 0 Å². The van der Waals surface area contributed by atoms with Crippen LogP contribution in [0, 0.1) is 11.8 Å². The molecule has 0 aliphatic heterocycles. The van der Waals surface area contributed by atoms with Crippen molar-refractivity contribution in [2.45, 2.75) is 59.5 Å². The summed E-state index contributed by atoms with van der Waals surface area (Å²) in [7, 11) is 0. The molecule has 2 amide bonds. The number of aliphatic carboxylic acids is 1. The predicted molar refractivity (Wildman–Crippen MR) is 76.1 cm³/mol. The SMILES string of the molecule is CC[C@H](C)[C@@H](NC(=O)[C@H](CC(C)C)NC(C)=O)C(=O)O. The van der Waals surface area contributed by atoms with Crippen molar-refractivity contribution in [2.75, 3.05) is 0 Å². The van der Waals surface area contributed by atoms with Crippen LogP contribution in [-0.2, 0) is 14.4 Å². The number of amides is 2. The molecule has 3 N–H and O–H groups in total. The quantitative estimate of drug-likeness (QED) is 0.624. The summed E-state index contributed by atoms with van der Waals surface area (Å²) in [5, 5.41) is 14.3. The van der Waals surface area contributed by atoms with Crippen LogP contribution in [0.1, 0.15) is 47.5 Å². The van der Waals surface area contributed by atoms with Gasteiger partial charge in [-0.3, -0.25) is 9.59 Å². The van der Waals surface area contributed by atoms with Gasteiger partial charge in [0.1, 0.15) is 12.1 Å². The van der Waals surface area contributed by atoms with Gasteiger partial charge in [0.05, 0.1) is 0 Å². The average Bonchev–Trinajstić information content (AvgIpc) is 2.32. The summed E-state index contributed by atoms with van der Waals surface area (Å²) >= 11 is 0. The highest BCUT2D eigenvalue weighted by molar-refractivity contribution is 5.90. The van der Waals surface area contributed by atoms with Crippen molar-refractivity contribution in [3.05, 3.63) is 0 Å². The third kappa shape index (κ3) is 6.54. The first kappa shape index (κ1) is 18.4. The number of carboxylic acids is 1. The molecule has 0 bridgehead atoms. The maximum absolute atomic E-state index is 12.2. The molecule has 0 fully saturated rings. The summed E-state index contributed by atoms with van der Waals surface area (Å²) in [6.07, 6.45) is 1.12. The van der Waals surface area contributed by atoms with E-state index in [0.717, 1.165) is 0 Å². The van der Waals surface area contributed by atoms with E-state index in [2.05, 4.69) is 10.6 Å². The van der Waals surface area contributed by atoms with Gasteiger partial charge in [-0.25, -0.2) is 4.79 Å². The molecule has 0 radical (unpaired) electrons. The van der Waals surface area contributed by atoms with E-state index in [9.17, 15) is 14.4 Å². The van der Waals surface area contributed by atoms with Crippen LogP contribution in [0.5, 0.6) is 0 Å². The number of rotatable bonds is 8. The molecular formula is C14H26N2O4. The van der Waals surface area contributed by atoms with Gasteiger partial charge in [-0.15, -0.1) is 0 Å². The van der Waals surface area contributed by atoms with E-state index in [4.69, 9.17) is 5.11 Å². The van der Waals surface area contributed by atoms with E-state index in [1.807, 2.05) is 20.8 Å². The standard InChI is InChI=1S/C14H26N2O4/c1-6-9(4)12(14(19)20)16-13(18)11(7-8(2)3)15-10(5)17/h8-9,11-12H,6-7H2,1-5H3,(H,15,17)(H,16,18)(H,19,20)/t9-,11-,12+/m0/s1. The number of carbonyl (C=O) groups excluding carboxylic acids is 2. The lowest BCUT2D eigenvalue weighted by atomic mass is 9.97. The van der Waals surface area contributed by atoms with Gasteiger partial charge in [0.25, 0.3) is 0 Å². The number of carbonyl (C=O) groups is 3. The fourth-order valence-corrected chi connectivity index (χ4v) is 1.89. The van der Waals surface area contributed by atoms with Gasteiger partial charge in [-0.05, 0) is 18.3 Å². The van der Waals surface area contributed by atoms with E-state index in [1.54, 1.807) is 6.92 Å². The van der Waals surface area contributed by atoms with Gasteiger partial charge in [0.2, 0.25) is 11.8 Å². The van der Waals surface area contributed by atoms with Crippen LogP contribution in [0.2, 0.25) is 0 Å². The third-order valence-electron chi connectivity index (χ3n) is 3.18. The summed E-state index contributed by atoms with van der Waals surface area (Å²) in [6, 6.07) is -1.63. The Morgan fingerprint density at radius 3 is 2.00 bits per heavy atom. The van der Waals surface area contributed by atoms with Crippen LogP contribution in [0.3, 0.4) is 0 Å². The normalized spacial score (nSPS) is 15.3. The molecule has 0 rings (SSSR count). The fourth-order valence-electron chi connectivity index (χ4n) is 1.89. The van der Waals surface area contributed by atoms with Gasteiger partial charge < -0.3 is 15.7 Å². The van der Waals surface area contributed by atoms with Crippen LogP contribution < -0.4 is 10.6 Å². The van der Waals surface area contributed by atoms with Gasteiger partial charge in [-0.2, -0.15) is 0 Å². The average molecular weight is 286 g/mol. The van der Waals surface area contributed by atoms with Crippen molar-refractivity contribution >= 4 is 17.8 Å². The first-order valence-electron chi connectivity index (χ1n) is 6.99. The molecule has 0 spiro atoms. The zero-order valence-corrected chi connectivity index (χ0v) is 12.9. The molecule has 20 heavy (non-hydrogen) atoms. The third-order valence-corrected chi connectivity index (χ3v) is 3.18. The zero-order valence-electron chi connectivity index (χ0n) is 12.9. The van der Waals surface area contributed by atoms with Crippen molar-refractivity contribution < 1.29 is 19.5 Å². The van der Waals surface area contributed by atoms with Crippen molar-refractivity contribution in [3.63, 3.8) is 0 Å². The second-order valence-electron chi connectivity index (χ2n) is 5.59. The highest BCUT2D eigenvalue weighted by Gasteiger charge is 2.29. The molecule has 0 saturated carbocycles. The molecule has 0 aliphatic rings. The Hall–Kier alpha value is -1.59. The number of carboxylic acid groups (broad SMARTS) is 1. The number of hydrogen-bond acceptors (Lipinski definition) is 3. The smallest absolute Gasteiger partial charge is 0.326 e. The van der Waals surface area contributed by atoms with Crippen LogP contribution in [0.4, 0.5) is 0 Å². The molecule has 0 aromatic heterocycles. The van der Waals surface area contributed by atoms with Crippen molar-refractivity contribution in [2.24, 2.45) is 11.8 Å². The second kappa shape index (κ2) is 8.55. The van der Waals surface area contributed by atoms with Crippen molar-refractivity contribution in [1.82, 2.24) is 10.6 Å². The molecule has 0 aromatic carbocycles. The first-order valence-corrected chi connectivity index (χ1v) is 6.99. The van der Waals surface area contributed by atoms with Crippen molar-refractivity contribution in [1.29, 1.82) is 0 Å². The summed E-state index contributed by atoms with van der Waals surface area (Å²) < 4.78 is 0. The first-order chi connectivity index (χ1) is 9.18. The molecule has 0 heterocycles. The molecule has 6 heteroatoms. The van der Waals surface area contributed by atoms with Gasteiger partial charge in [-0.1, -0.05) is 34.1 Å². The molecule has 6 nitrogen and oxygen atoms in total. The van der Waals surface area contributed by atoms with E-state index in [0.29, 0.717) is 12.8 Å². The largest absolute Gasteiger partial charge is 0.480 e. The summed E-state index contributed by atoms with van der Waals surface area (Å²) in [5.41, 5.74) is 0. The highest BCUT2D eigenvalue weighted by Crippen LogP contribution is 2.10. The van der Waals surface area contributed by atoms with E-state index in [1.165, 1.54) is 6.92 Å². The topological polar surface area (TPSA) is 95.5 Å². The summed E-state index contributed by atoms with van der Waals surface area (Å²) in [5.74, 6) is -1.76. The summed E-state index contributed by atoms with van der Waals surface area (Å²) in [6.45, 7) is 8.85. The number of nitrogens with one attached hydrogen (secondary N) is 2. The summed E-state index contributed by atoms with van der Waals surface area (Å²) in [4.78, 5) is 34.5. The van der Waals surface area contributed by atoms with E-state index >= 15 is 0 Å². The number of hydrogen-bond donors (Lipinski definition) is 3. The monoisotopic (exact) mass is 286 g/mol. The van der Waals surface area contributed by atoms with Crippen LogP contribution in [-0.4, -0.2) is 35.0 Å². The maximum atomic E-state index is 12.2. The minimum atomic E-state index is -1.06. The predicted octanol–water partition coefficient (Wildman–Crippen LogP) is 1.15. The van der Waals surface area contributed by atoms with Crippen LogP contribution in [0.15, 0.2) is 0 Å². The maximum Gasteiger partial charge on any atom is 0.326 e. The molecule has 0 aliphatic carbocycles. The minimum absolute atomic E-state index is 0.173. The lowest BCUT2D eigenvalue weighted by Crippen LogP contribution is -2.53. The Balaban J connectivity index is 4.86. The molecule has 3 atom stereocenters. The lowest BCUT2D eigenvalue weighted by Gasteiger charge is -2.24. The lowest BCUT2D eigenvalue weighted by molar-refractivity contribution is -0.143. The van der Waals surface area contributed by atoms with Gasteiger partial charge in [0.15, 0.2) is 0 Å². The Labute approximate surface area is 120 Å². The Morgan fingerprint density at radius 1 is 1.10 bits per heavy atom. The van der Waals surface area contributed by atoms with Crippen molar-refractivity contribution in [3.8, 4) is 0 Å². The zero-order chi connectivity index (χ0) is 15.9. The van der Waals surface area contributed by atoms with E-state index in [-0.39, 0.29) is 17.7 Å². The van der Waals surface area contributed by atoms with Gasteiger partial charge >= 0.3 is 5.97 Å². The van der Waals surface area contributed by atoms with E-state index < -0.39 is 24.0 Å². The highest BCUT2D eigenvalue weighted by atomic mass is 16.4. The fraction of sp³-hybridized carbons (Fsp3) is 0.786. The Morgan fingerprint density at radius 2 is 1.65 bits per heavy atom. The van der Waals surface area contributed by atoms with Crippen LogP contribution >= 0.6 is 0 Å². The molecule has 0 aromatic rings. The second-order valence-corrected chi connectivity index (χ2v) is 5.59. The molecular weight excluding hydrogens is 260 g/mol. The molecule has 0 unspecified atom stereocenters. The Bertz CT molecular complexity index is 355. The Kier molecular flexibility index (Phi) is 7.87. The molecule has 0 saturated heterocycles. The molecule has 116 valence electrons. The minimum Gasteiger partial charge on any atom is -0.480 e. The van der Waals surface area contributed by atoms with Gasteiger partial charge in [0, 0.05) is 6.92 Å².